The molecule has 2 aromatic rings. The van der Waals surface area contributed by atoms with Crippen molar-refractivity contribution < 1.29 is 4.92 Å². The summed E-state index contributed by atoms with van der Waals surface area (Å²) in [6.07, 6.45) is 0. The number of aromatic nitrogens is 2. The Balaban J connectivity index is 2.76. The molecule has 0 saturated carbocycles. The minimum absolute atomic E-state index is 0.0607. The number of nitrogens with one attached hydrogen (secondary N) is 1. The van der Waals surface area contributed by atoms with E-state index in [0.29, 0.717) is 17.1 Å². The van der Waals surface area contributed by atoms with Gasteiger partial charge in [0.05, 0.1) is 16.2 Å². The Morgan fingerprint density at radius 1 is 1.42 bits per heavy atom. The van der Waals surface area contributed by atoms with Crippen LogP contribution in [0, 0.1) is 17.0 Å². The predicted octanol–water partition coefficient (Wildman–Crippen LogP) is 3.00. The molecule has 6 nitrogen and oxygen atoms in total. The van der Waals surface area contributed by atoms with E-state index in [-0.39, 0.29) is 16.5 Å². The van der Waals surface area contributed by atoms with Crippen LogP contribution in [0.25, 0.3) is 11.3 Å². The molecular formula is C13H16N4O2. The van der Waals surface area contributed by atoms with Gasteiger partial charge in [0.25, 0.3) is 5.69 Å². The van der Waals surface area contributed by atoms with Crippen molar-refractivity contribution >= 4 is 11.5 Å². The minimum Gasteiger partial charge on any atom is -0.382 e. The number of benzene rings is 1. The number of aryl methyl sites for hydroxylation is 1. The third-order valence-electron chi connectivity index (χ3n) is 3.11. The fourth-order valence-corrected chi connectivity index (χ4v) is 2.27. The fourth-order valence-electron chi connectivity index (χ4n) is 2.27. The van der Waals surface area contributed by atoms with Crippen molar-refractivity contribution in [2.75, 3.05) is 5.73 Å². The molecule has 19 heavy (non-hydrogen) atoms. The summed E-state index contributed by atoms with van der Waals surface area (Å²) in [6, 6.07) is 5.00. The number of hydrogen-bond acceptors (Lipinski definition) is 4. The molecule has 0 aliphatic rings. The van der Waals surface area contributed by atoms with E-state index < -0.39 is 0 Å². The van der Waals surface area contributed by atoms with Crippen molar-refractivity contribution in [1.82, 2.24) is 10.2 Å². The standard InChI is InChI=1S/C13H16N4O2/c1-7(2)10-12(15-16-13(10)14)11-8(3)5-4-6-9(11)17(18)19/h4-7H,1-3H3,(H3,14,15,16). The smallest absolute Gasteiger partial charge is 0.279 e. The second kappa shape index (κ2) is 4.72. The Bertz CT molecular complexity index is 632. The molecule has 0 fully saturated rings. The van der Waals surface area contributed by atoms with E-state index in [1.807, 2.05) is 26.8 Å². The Morgan fingerprint density at radius 2 is 2.11 bits per heavy atom. The van der Waals surface area contributed by atoms with Crippen LogP contribution in [0.15, 0.2) is 18.2 Å². The van der Waals surface area contributed by atoms with E-state index >= 15 is 0 Å². The topological polar surface area (TPSA) is 97.8 Å². The summed E-state index contributed by atoms with van der Waals surface area (Å²) < 4.78 is 0. The number of rotatable bonds is 3. The number of nitrogens with two attached hydrogens (primary N) is 1. The highest BCUT2D eigenvalue weighted by molar-refractivity contribution is 5.79. The van der Waals surface area contributed by atoms with Gasteiger partial charge < -0.3 is 5.73 Å². The molecule has 0 atom stereocenters. The van der Waals surface area contributed by atoms with Crippen molar-refractivity contribution in [2.24, 2.45) is 0 Å². The normalized spacial score (nSPS) is 10.9. The minimum atomic E-state index is -0.385. The molecule has 1 heterocycles. The lowest BCUT2D eigenvalue weighted by molar-refractivity contribution is -0.384. The third kappa shape index (κ3) is 2.16. The highest BCUT2D eigenvalue weighted by Gasteiger charge is 2.24. The van der Waals surface area contributed by atoms with Gasteiger partial charge in [-0.1, -0.05) is 26.0 Å². The lowest BCUT2D eigenvalue weighted by Crippen LogP contribution is -1.99. The van der Waals surface area contributed by atoms with Crippen LogP contribution in [0.1, 0.15) is 30.9 Å². The van der Waals surface area contributed by atoms with Crippen LogP contribution >= 0.6 is 0 Å². The first-order chi connectivity index (χ1) is 8.93. The number of H-pyrrole nitrogens is 1. The number of nitrogens with zero attached hydrogens (tertiary/aromatic N) is 2. The largest absolute Gasteiger partial charge is 0.382 e. The molecule has 1 aromatic heterocycles. The summed E-state index contributed by atoms with van der Waals surface area (Å²) in [4.78, 5) is 10.8. The SMILES string of the molecule is Cc1cccc([N+](=O)[O-])c1-c1[nH]nc(N)c1C(C)C. The first kappa shape index (κ1) is 13.1. The van der Waals surface area contributed by atoms with Crippen LogP contribution < -0.4 is 5.73 Å². The number of anilines is 1. The van der Waals surface area contributed by atoms with E-state index in [0.717, 1.165) is 11.1 Å². The second-order valence-electron chi connectivity index (χ2n) is 4.78. The highest BCUT2D eigenvalue weighted by Crippen LogP contribution is 2.38. The van der Waals surface area contributed by atoms with E-state index in [1.165, 1.54) is 6.07 Å². The first-order valence-corrected chi connectivity index (χ1v) is 6.01. The average Bonchev–Trinajstić information content (AvgIpc) is 2.70. The van der Waals surface area contributed by atoms with Gasteiger partial charge in [-0.2, -0.15) is 5.10 Å². The molecule has 2 rings (SSSR count). The van der Waals surface area contributed by atoms with Crippen LogP contribution in [0.5, 0.6) is 0 Å². The Hall–Kier alpha value is -2.37. The van der Waals surface area contributed by atoms with Crippen molar-refractivity contribution in [3.63, 3.8) is 0 Å². The number of nitro benzene ring substituents is 1. The zero-order valence-electron chi connectivity index (χ0n) is 11.1. The molecule has 6 heteroatoms. The monoisotopic (exact) mass is 260 g/mol. The molecule has 0 radical (unpaired) electrons. The van der Waals surface area contributed by atoms with Crippen molar-refractivity contribution in [3.8, 4) is 11.3 Å². The number of nitro groups is 1. The van der Waals surface area contributed by atoms with Gasteiger partial charge in [-0.3, -0.25) is 15.2 Å². The molecule has 1 aromatic carbocycles. The van der Waals surface area contributed by atoms with Gasteiger partial charge in [0.2, 0.25) is 0 Å². The summed E-state index contributed by atoms with van der Waals surface area (Å²) in [5.41, 5.74) is 8.73. The molecular weight excluding hydrogens is 244 g/mol. The van der Waals surface area contributed by atoms with Crippen molar-refractivity contribution in [1.29, 1.82) is 0 Å². The predicted molar refractivity (Wildman–Crippen MR) is 73.9 cm³/mol. The molecule has 100 valence electrons. The van der Waals surface area contributed by atoms with E-state index in [9.17, 15) is 10.1 Å². The highest BCUT2D eigenvalue weighted by atomic mass is 16.6. The molecule has 0 aliphatic carbocycles. The number of hydrogen-bond donors (Lipinski definition) is 2. The summed E-state index contributed by atoms with van der Waals surface area (Å²) >= 11 is 0. The molecule has 0 bridgehead atoms. The lowest BCUT2D eigenvalue weighted by atomic mass is 9.95. The van der Waals surface area contributed by atoms with Gasteiger partial charge in [-0.25, -0.2) is 0 Å². The van der Waals surface area contributed by atoms with E-state index in [1.54, 1.807) is 6.07 Å². The molecule has 0 unspecified atom stereocenters. The van der Waals surface area contributed by atoms with Crippen LogP contribution in [0.4, 0.5) is 11.5 Å². The van der Waals surface area contributed by atoms with E-state index in [2.05, 4.69) is 10.2 Å². The summed E-state index contributed by atoms with van der Waals surface area (Å²) in [5, 5.41) is 18.0. The van der Waals surface area contributed by atoms with Crippen LogP contribution in [0.3, 0.4) is 0 Å². The maximum absolute atomic E-state index is 11.2. The first-order valence-electron chi connectivity index (χ1n) is 6.01. The van der Waals surface area contributed by atoms with Gasteiger partial charge in [0, 0.05) is 11.6 Å². The van der Waals surface area contributed by atoms with E-state index in [4.69, 9.17) is 5.73 Å². The quantitative estimate of drug-likeness (QED) is 0.654. The van der Waals surface area contributed by atoms with Gasteiger partial charge >= 0.3 is 0 Å². The average molecular weight is 260 g/mol. The maximum Gasteiger partial charge on any atom is 0.279 e. The number of aromatic amines is 1. The molecule has 0 aliphatic heterocycles. The zero-order valence-corrected chi connectivity index (χ0v) is 11.1. The Morgan fingerprint density at radius 3 is 2.68 bits per heavy atom. The van der Waals surface area contributed by atoms with Gasteiger partial charge in [0.1, 0.15) is 5.82 Å². The molecule has 0 saturated heterocycles. The maximum atomic E-state index is 11.2. The summed E-state index contributed by atoms with van der Waals surface area (Å²) in [6.45, 7) is 5.80. The molecule has 3 N–H and O–H groups in total. The van der Waals surface area contributed by atoms with Gasteiger partial charge in [-0.15, -0.1) is 0 Å². The molecule has 0 amide bonds. The third-order valence-corrected chi connectivity index (χ3v) is 3.11. The lowest BCUT2D eigenvalue weighted by Gasteiger charge is -2.10. The zero-order chi connectivity index (χ0) is 14.2. The fraction of sp³-hybridized carbons (Fsp3) is 0.308. The Labute approximate surface area is 110 Å². The van der Waals surface area contributed by atoms with Crippen molar-refractivity contribution in [2.45, 2.75) is 26.7 Å². The van der Waals surface area contributed by atoms with Crippen LogP contribution in [-0.4, -0.2) is 15.1 Å². The van der Waals surface area contributed by atoms with Crippen molar-refractivity contribution in [3.05, 3.63) is 39.4 Å². The number of nitrogen functional groups attached to an aromatic ring is 1. The van der Waals surface area contributed by atoms with Crippen LogP contribution in [-0.2, 0) is 0 Å². The van der Waals surface area contributed by atoms with Crippen LogP contribution in [0.2, 0.25) is 0 Å². The van der Waals surface area contributed by atoms with Gasteiger partial charge in [0.15, 0.2) is 0 Å². The summed E-state index contributed by atoms with van der Waals surface area (Å²) in [7, 11) is 0. The molecule has 0 spiro atoms. The summed E-state index contributed by atoms with van der Waals surface area (Å²) in [5.74, 6) is 0.524. The second-order valence-corrected chi connectivity index (χ2v) is 4.78. The van der Waals surface area contributed by atoms with Gasteiger partial charge in [-0.05, 0) is 18.4 Å². The Kier molecular flexibility index (Phi) is 3.25.